The van der Waals surface area contributed by atoms with Gasteiger partial charge in [0.1, 0.15) is 17.0 Å². The molecule has 4 rings (SSSR count). The van der Waals surface area contributed by atoms with Gasteiger partial charge in [-0.3, -0.25) is 4.79 Å². The van der Waals surface area contributed by atoms with Crippen LogP contribution in [0.3, 0.4) is 0 Å². The summed E-state index contributed by atoms with van der Waals surface area (Å²) in [4.78, 5) is 16.6. The summed E-state index contributed by atoms with van der Waals surface area (Å²) in [5, 5.41) is 2.80. The number of hydrogen-bond acceptors (Lipinski definition) is 5. The molecular weight excluding hydrogens is 356 g/mol. The van der Waals surface area contributed by atoms with Crippen molar-refractivity contribution in [1.82, 2.24) is 4.98 Å². The Kier molecular flexibility index (Phi) is 4.93. The number of oxazole rings is 1. The Balaban J connectivity index is 1.50. The molecule has 0 aliphatic carbocycles. The Hall–Kier alpha value is -3.80. The highest BCUT2D eigenvalue weighted by Gasteiger charge is 2.10. The number of amides is 1. The predicted molar refractivity (Wildman–Crippen MR) is 107 cm³/mol. The van der Waals surface area contributed by atoms with E-state index in [0.29, 0.717) is 35.0 Å². The van der Waals surface area contributed by atoms with E-state index in [-0.39, 0.29) is 5.91 Å². The first-order chi connectivity index (χ1) is 13.7. The summed E-state index contributed by atoms with van der Waals surface area (Å²) in [7, 11) is 0. The van der Waals surface area contributed by atoms with E-state index < -0.39 is 0 Å². The third-order valence-electron chi connectivity index (χ3n) is 4.01. The third kappa shape index (κ3) is 3.96. The number of nitrogens with one attached hydrogen (secondary N) is 1. The maximum atomic E-state index is 12.1. The molecule has 4 aromatic rings. The van der Waals surface area contributed by atoms with Gasteiger partial charge in [0.05, 0.1) is 12.9 Å². The Morgan fingerprint density at radius 3 is 2.79 bits per heavy atom. The topological polar surface area (TPSA) is 77.5 Å². The van der Waals surface area contributed by atoms with Crippen molar-refractivity contribution in [1.29, 1.82) is 0 Å². The SMILES string of the molecule is CCOc1ccc(-c2nc3cc(NC(=O)/C=C\c4ccco4)ccc3o2)cc1. The first kappa shape index (κ1) is 17.6. The number of benzene rings is 2. The summed E-state index contributed by atoms with van der Waals surface area (Å²) in [6.07, 6.45) is 4.57. The van der Waals surface area contributed by atoms with Crippen molar-refractivity contribution in [3.8, 4) is 17.2 Å². The minimum atomic E-state index is -0.258. The van der Waals surface area contributed by atoms with Crippen LogP contribution < -0.4 is 10.1 Å². The Labute approximate surface area is 161 Å². The second-order valence-electron chi connectivity index (χ2n) is 6.00. The normalized spacial score (nSPS) is 11.2. The monoisotopic (exact) mass is 374 g/mol. The van der Waals surface area contributed by atoms with Crippen molar-refractivity contribution in [3.63, 3.8) is 0 Å². The average Bonchev–Trinajstić information content (AvgIpc) is 3.36. The fourth-order valence-corrected chi connectivity index (χ4v) is 2.72. The molecule has 0 saturated heterocycles. The number of fused-ring (bicyclic) bond motifs is 1. The fourth-order valence-electron chi connectivity index (χ4n) is 2.72. The molecule has 1 N–H and O–H groups in total. The van der Waals surface area contributed by atoms with Gasteiger partial charge in [-0.1, -0.05) is 0 Å². The molecule has 0 saturated carbocycles. The van der Waals surface area contributed by atoms with Crippen molar-refractivity contribution in [3.05, 3.63) is 72.7 Å². The van der Waals surface area contributed by atoms with Crippen molar-refractivity contribution in [2.75, 3.05) is 11.9 Å². The van der Waals surface area contributed by atoms with Gasteiger partial charge in [-0.25, -0.2) is 4.98 Å². The summed E-state index contributed by atoms with van der Waals surface area (Å²) < 4.78 is 16.4. The van der Waals surface area contributed by atoms with Gasteiger partial charge in [-0.05, 0) is 67.6 Å². The van der Waals surface area contributed by atoms with E-state index in [1.807, 2.05) is 31.2 Å². The van der Waals surface area contributed by atoms with Crippen LogP contribution in [0.15, 0.2) is 75.8 Å². The van der Waals surface area contributed by atoms with Crippen molar-refractivity contribution in [2.24, 2.45) is 0 Å². The van der Waals surface area contributed by atoms with Gasteiger partial charge >= 0.3 is 0 Å². The summed E-state index contributed by atoms with van der Waals surface area (Å²) in [6, 6.07) is 16.4. The highest BCUT2D eigenvalue weighted by molar-refractivity contribution is 6.02. The van der Waals surface area contributed by atoms with Gasteiger partial charge in [-0.15, -0.1) is 0 Å². The number of rotatable bonds is 6. The molecule has 2 aromatic carbocycles. The van der Waals surface area contributed by atoms with Crippen molar-refractivity contribution in [2.45, 2.75) is 6.92 Å². The van der Waals surface area contributed by atoms with Crippen LogP contribution in [0.25, 0.3) is 28.6 Å². The molecule has 1 amide bonds. The van der Waals surface area contributed by atoms with Gasteiger partial charge < -0.3 is 18.9 Å². The molecule has 0 fully saturated rings. The van der Waals surface area contributed by atoms with Gasteiger partial charge in [0.15, 0.2) is 5.58 Å². The largest absolute Gasteiger partial charge is 0.494 e. The number of carbonyl (C=O) groups is 1. The molecule has 0 aliphatic heterocycles. The molecule has 0 aliphatic rings. The molecule has 28 heavy (non-hydrogen) atoms. The highest BCUT2D eigenvalue weighted by atomic mass is 16.5. The zero-order chi connectivity index (χ0) is 19.3. The van der Waals surface area contributed by atoms with Gasteiger partial charge in [0, 0.05) is 17.3 Å². The van der Waals surface area contributed by atoms with Crippen LogP contribution in [0.1, 0.15) is 12.7 Å². The second kappa shape index (κ2) is 7.84. The van der Waals surface area contributed by atoms with Crippen molar-refractivity contribution < 1.29 is 18.4 Å². The average molecular weight is 374 g/mol. The number of hydrogen-bond donors (Lipinski definition) is 1. The van der Waals surface area contributed by atoms with Crippen LogP contribution in [0.5, 0.6) is 5.75 Å². The van der Waals surface area contributed by atoms with Gasteiger partial charge in [-0.2, -0.15) is 0 Å². The maximum absolute atomic E-state index is 12.1. The zero-order valence-corrected chi connectivity index (χ0v) is 15.2. The van der Waals surface area contributed by atoms with Crippen LogP contribution in [-0.4, -0.2) is 17.5 Å². The van der Waals surface area contributed by atoms with E-state index in [0.717, 1.165) is 11.3 Å². The lowest BCUT2D eigenvalue weighted by Crippen LogP contribution is -2.07. The molecule has 2 heterocycles. The van der Waals surface area contributed by atoms with E-state index in [2.05, 4.69) is 10.3 Å². The molecule has 6 heteroatoms. The zero-order valence-electron chi connectivity index (χ0n) is 15.2. The lowest BCUT2D eigenvalue weighted by Gasteiger charge is -2.02. The molecule has 6 nitrogen and oxygen atoms in total. The van der Waals surface area contributed by atoms with Crippen LogP contribution in [0, 0.1) is 0 Å². The molecule has 2 aromatic heterocycles. The van der Waals surface area contributed by atoms with E-state index in [1.54, 1.807) is 42.7 Å². The highest BCUT2D eigenvalue weighted by Crippen LogP contribution is 2.27. The summed E-state index contributed by atoms with van der Waals surface area (Å²) in [5.41, 5.74) is 2.80. The summed E-state index contributed by atoms with van der Waals surface area (Å²) in [5.74, 6) is 1.67. The molecule has 0 bridgehead atoms. The predicted octanol–water partition coefficient (Wildman–Crippen LogP) is 5.14. The van der Waals surface area contributed by atoms with Gasteiger partial charge in [0.2, 0.25) is 11.8 Å². The Morgan fingerprint density at radius 2 is 2.04 bits per heavy atom. The molecule has 0 spiro atoms. The first-order valence-corrected chi connectivity index (χ1v) is 8.87. The van der Waals surface area contributed by atoms with Crippen LogP contribution in [0.2, 0.25) is 0 Å². The number of aromatic nitrogens is 1. The van der Waals surface area contributed by atoms with Crippen LogP contribution in [-0.2, 0) is 4.79 Å². The van der Waals surface area contributed by atoms with E-state index in [1.165, 1.54) is 6.08 Å². The van der Waals surface area contributed by atoms with Gasteiger partial charge in [0.25, 0.3) is 0 Å². The number of furan rings is 1. The molecule has 140 valence electrons. The van der Waals surface area contributed by atoms with Crippen molar-refractivity contribution >= 4 is 28.8 Å². The quantitative estimate of drug-likeness (QED) is 0.473. The van der Waals surface area contributed by atoms with E-state index in [4.69, 9.17) is 13.6 Å². The smallest absolute Gasteiger partial charge is 0.248 e. The number of carbonyl (C=O) groups excluding carboxylic acids is 1. The minimum absolute atomic E-state index is 0.258. The molecular formula is C22H18N2O4. The lowest BCUT2D eigenvalue weighted by molar-refractivity contribution is -0.111. The minimum Gasteiger partial charge on any atom is -0.494 e. The number of nitrogens with zero attached hydrogens (tertiary/aromatic N) is 1. The second-order valence-corrected chi connectivity index (χ2v) is 6.00. The van der Waals surface area contributed by atoms with Crippen LogP contribution in [0.4, 0.5) is 5.69 Å². The fraction of sp³-hybridized carbons (Fsp3) is 0.0909. The summed E-state index contributed by atoms with van der Waals surface area (Å²) >= 11 is 0. The van der Waals surface area contributed by atoms with Crippen LogP contribution >= 0.6 is 0 Å². The number of ether oxygens (including phenoxy) is 1. The molecule has 0 radical (unpaired) electrons. The first-order valence-electron chi connectivity index (χ1n) is 8.87. The van der Waals surface area contributed by atoms with E-state index in [9.17, 15) is 4.79 Å². The Bertz CT molecular complexity index is 1110. The van der Waals surface area contributed by atoms with E-state index >= 15 is 0 Å². The number of anilines is 1. The summed E-state index contributed by atoms with van der Waals surface area (Å²) in [6.45, 7) is 2.56. The maximum Gasteiger partial charge on any atom is 0.248 e. The molecule has 0 atom stereocenters. The molecule has 0 unspecified atom stereocenters. The third-order valence-corrected chi connectivity index (χ3v) is 4.01. The standard InChI is InChI=1S/C22H18N2O4/c1-2-26-18-8-5-15(6-9-18)22-24-19-14-16(7-11-20(19)28-22)23-21(25)12-10-17-4-3-13-27-17/h3-14H,2H2,1H3,(H,23,25)/b12-10-. The Morgan fingerprint density at radius 1 is 1.18 bits per heavy atom. The lowest BCUT2D eigenvalue weighted by atomic mass is 10.2.